The van der Waals surface area contributed by atoms with E-state index >= 15 is 0 Å². The molecular formula is C28H62O14. The Kier molecular flexibility index (Phi) is 35.7. The molecule has 0 radical (unpaired) electrons. The third kappa shape index (κ3) is 21.4. The molecule has 0 atom stereocenters. The first kappa shape index (κ1) is 50.4. The standard InChI is InChI=1S/4C6H14O3.C4H6O2/c4*1-2-6(3-7,4-8)5-9;1-3(2)4(5)6/h4*7-9H,2-5H2,1H3;1H2,2H3,(H,5,6). The van der Waals surface area contributed by atoms with Crippen LogP contribution in [-0.2, 0) is 4.79 Å². The second-order valence-electron chi connectivity index (χ2n) is 10.4. The van der Waals surface area contributed by atoms with Crippen LogP contribution < -0.4 is 0 Å². The maximum absolute atomic E-state index is 9.60. The normalized spacial score (nSPS) is 11.4. The Hall–Kier alpha value is -1.27. The fourth-order valence-corrected chi connectivity index (χ4v) is 1.94. The molecule has 0 aromatic rings. The minimum absolute atomic E-state index is 0.156. The summed E-state index contributed by atoms with van der Waals surface area (Å²) in [6, 6.07) is 0. The molecule has 0 aromatic carbocycles. The highest BCUT2D eigenvalue weighted by molar-refractivity contribution is 5.84. The van der Waals surface area contributed by atoms with Gasteiger partial charge in [0.2, 0.25) is 0 Å². The molecule has 0 unspecified atom stereocenters. The van der Waals surface area contributed by atoms with Crippen molar-refractivity contribution in [2.24, 2.45) is 21.7 Å². The number of hydrogen-bond donors (Lipinski definition) is 13. The molecule has 0 rings (SSSR count). The SMILES string of the molecule is C=C(C)C(=O)O.CCC(CO)(CO)CO.CCC(CO)(CO)CO.CCC(CO)(CO)CO.CCC(CO)(CO)CO. The lowest BCUT2D eigenvalue weighted by atomic mass is 9.88. The van der Waals surface area contributed by atoms with Crippen molar-refractivity contribution in [1.82, 2.24) is 0 Å². The third-order valence-corrected chi connectivity index (χ3v) is 7.39. The number of aliphatic carboxylic acids is 1. The molecule has 0 heterocycles. The van der Waals surface area contributed by atoms with Gasteiger partial charge in [-0.05, 0) is 32.6 Å². The molecule has 0 aliphatic rings. The predicted molar refractivity (Wildman–Crippen MR) is 158 cm³/mol. The van der Waals surface area contributed by atoms with E-state index in [0.29, 0.717) is 25.7 Å². The first-order chi connectivity index (χ1) is 19.6. The average Bonchev–Trinajstić information content (AvgIpc) is 3.04. The zero-order chi connectivity index (χ0) is 34.5. The Labute approximate surface area is 250 Å². The Morgan fingerprint density at radius 2 is 0.524 bits per heavy atom. The van der Waals surface area contributed by atoms with Gasteiger partial charge < -0.3 is 66.4 Å². The van der Waals surface area contributed by atoms with Crippen molar-refractivity contribution in [3.8, 4) is 0 Å². The Bertz CT molecular complexity index is 437. The Morgan fingerprint density at radius 3 is 0.524 bits per heavy atom. The smallest absolute Gasteiger partial charge is 0.330 e. The molecule has 0 fully saturated rings. The van der Waals surface area contributed by atoms with Crippen molar-refractivity contribution in [3.63, 3.8) is 0 Å². The quantitative estimate of drug-likeness (QED) is 0.0788. The van der Waals surface area contributed by atoms with Gasteiger partial charge in [0, 0.05) is 27.2 Å². The summed E-state index contributed by atoms with van der Waals surface area (Å²) in [6.07, 6.45) is 2.38. The molecule has 14 heteroatoms. The second-order valence-corrected chi connectivity index (χ2v) is 10.4. The van der Waals surface area contributed by atoms with Gasteiger partial charge in [-0.1, -0.05) is 34.3 Å². The highest BCUT2D eigenvalue weighted by Gasteiger charge is 2.26. The van der Waals surface area contributed by atoms with Crippen molar-refractivity contribution in [2.45, 2.75) is 60.3 Å². The molecule has 42 heavy (non-hydrogen) atoms. The summed E-state index contributed by atoms with van der Waals surface area (Å²) < 4.78 is 0. The molecule has 0 saturated carbocycles. The van der Waals surface area contributed by atoms with Crippen molar-refractivity contribution in [1.29, 1.82) is 0 Å². The van der Waals surface area contributed by atoms with Crippen LogP contribution in [-0.4, -0.2) is 152 Å². The summed E-state index contributed by atoms with van der Waals surface area (Å²) in [4.78, 5) is 9.60. The van der Waals surface area contributed by atoms with Gasteiger partial charge in [0.15, 0.2) is 0 Å². The summed E-state index contributed by atoms with van der Waals surface area (Å²) in [5.74, 6) is -0.935. The fourth-order valence-electron chi connectivity index (χ4n) is 1.94. The summed E-state index contributed by atoms with van der Waals surface area (Å²) in [6.45, 7) is 10.0. The van der Waals surface area contributed by atoms with Crippen LogP contribution in [0, 0.1) is 21.7 Å². The van der Waals surface area contributed by atoms with E-state index in [1.807, 2.05) is 27.7 Å². The van der Waals surface area contributed by atoms with Crippen LogP contribution in [0.2, 0.25) is 0 Å². The molecule has 0 spiro atoms. The predicted octanol–water partition coefficient (Wildman–Crippen LogP) is -1.91. The zero-order valence-electron chi connectivity index (χ0n) is 26.2. The highest BCUT2D eigenvalue weighted by atomic mass is 16.4. The molecule has 0 aliphatic carbocycles. The topological polar surface area (TPSA) is 280 Å². The number of carboxylic acid groups (broad SMARTS) is 1. The number of aliphatic hydroxyl groups excluding tert-OH is 12. The van der Waals surface area contributed by atoms with Crippen molar-refractivity contribution in [2.75, 3.05) is 79.3 Å². The van der Waals surface area contributed by atoms with E-state index in [2.05, 4.69) is 6.58 Å². The van der Waals surface area contributed by atoms with Gasteiger partial charge in [0.1, 0.15) is 0 Å². The molecule has 14 nitrogen and oxygen atoms in total. The van der Waals surface area contributed by atoms with Gasteiger partial charge in [-0.2, -0.15) is 0 Å². The van der Waals surface area contributed by atoms with Gasteiger partial charge in [0.25, 0.3) is 0 Å². The number of aliphatic hydroxyl groups is 12. The van der Waals surface area contributed by atoms with E-state index in [1.165, 1.54) is 6.92 Å². The summed E-state index contributed by atoms with van der Waals surface area (Å²) in [5, 5.41) is 112. The maximum Gasteiger partial charge on any atom is 0.330 e. The highest BCUT2D eigenvalue weighted by Crippen LogP contribution is 2.20. The van der Waals surface area contributed by atoms with Crippen molar-refractivity contribution >= 4 is 5.97 Å². The monoisotopic (exact) mass is 622 g/mol. The van der Waals surface area contributed by atoms with E-state index in [0.717, 1.165) is 0 Å². The van der Waals surface area contributed by atoms with Gasteiger partial charge in [0.05, 0.1) is 79.3 Å². The van der Waals surface area contributed by atoms with E-state index < -0.39 is 27.6 Å². The second kappa shape index (κ2) is 29.8. The van der Waals surface area contributed by atoms with E-state index in [9.17, 15) is 4.79 Å². The van der Waals surface area contributed by atoms with Crippen LogP contribution in [0.15, 0.2) is 12.2 Å². The summed E-state index contributed by atoms with van der Waals surface area (Å²) in [7, 11) is 0. The molecule has 0 aromatic heterocycles. The number of rotatable bonds is 17. The van der Waals surface area contributed by atoms with Gasteiger partial charge in [-0.3, -0.25) is 0 Å². The first-order valence-electron chi connectivity index (χ1n) is 13.8. The lowest BCUT2D eigenvalue weighted by Crippen LogP contribution is -2.32. The first-order valence-corrected chi connectivity index (χ1v) is 13.8. The molecule has 13 N–H and O–H groups in total. The molecule has 0 amide bonds. The largest absolute Gasteiger partial charge is 0.478 e. The number of hydrogen-bond acceptors (Lipinski definition) is 13. The van der Waals surface area contributed by atoms with Crippen molar-refractivity contribution < 1.29 is 71.2 Å². The molecular weight excluding hydrogens is 560 g/mol. The Balaban J connectivity index is -0.000000137. The van der Waals surface area contributed by atoms with Crippen LogP contribution in [0.5, 0.6) is 0 Å². The zero-order valence-corrected chi connectivity index (χ0v) is 26.2. The minimum Gasteiger partial charge on any atom is -0.478 e. The minimum atomic E-state index is -0.935. The van der Waals surface area contributed by atoms with Crippen LogP contribution in [0.1, 0.15) is 60.3 Å². The lowest BCUT2D eigenvalue weighted by molar-refractivity contribution is -0.132. The third-order valence-electron chi connectivity index (χ3n) is 7.39. The van der Waals surface area contributed by atoms with E-state index in [4.69, 9.17) is 66.4 Å². The average molecular weight is 623 g/mol. The van der Waals surface area contributed by atoms with Crippen molar-refractivity contribution in [3.05, 3.63) is 12.2 Å². The number of carbonyl (C=O) groups is 1. The van der Waals surface area contributed by atoms with Crippen LogP contribution in [0.3, 0.4) is 0 Å². The van der Waals surface area contributed by atoms with E-state index in [-0.39, 0.29) is 84.9 Å². The summed E-state index contributed by atoms with van der Waals surface area (Å²) in [5.41, 5.74) is -2.49. The maximum atomic E-state index is 9.60. The molecule has 258 valence electrons. The lowest BCUT2D eigenvalue weighted by Gasteiger charge is -2.24. The molecule has 0 aliphatic heterocycles. The van der Waals surface area contributed by atoms with Gasteiger partial charge >= 0.3 is 5.97 Å². The number of carboxylic acids is 1. The van der Waals surface area contributed by atoms with Gasteiger partial charge in [-0.15, -0.1) is 0 Å². The fraction of sp³-hybridized carbons (Fsp3) is 0.893. The van der Waals surface area contributed by atoms with Crippen LogP contribution in [0.25, 0.3) is 0 Å². The molecule has 0 saturated heterocycles. The van der Waals surface area contributed by atoms with Gasteiger partial charge in [-0.25, -0.2) is 4.79 Å². The Morgan fingerprint density at radius 1 is 0.429 bits per heavy atom. The van der Waals surface area contributed by atoms with Crippen LogP contribution >= 0.6 is 0 Å². The van der Waals surface area contributed by atoms with E-state index in [1.54, 1.807) is 0 Å². The van der Waals surface area contributed by atoms with Crippen LogP contribution in [0.4, 0.5) is 0 Å². The molecule has 0 bridgehead atoms. The summed E-state index contributed by atoms with van der Waals surface area (Å²) >= 11 is 0.